The summed E-state index contributed by atoms with van der Waals surface area (Å²) in [6, 6.07) is 13.3. The van der Waals surface area contributed by atoms with Gasteiger partial charge in [-0.2, -0.15) is 0 Å². The number of thiophene rings is 1. The van der Waals surface area contributed by atoms with Gasteiger partial charge in [0.25, 0.3) is 0 Å². The van der Waals surface area contributed by atoms with Gasteiger partial charge >= 0.3 is 0 Å². The van der Waals surface area contributed by atoms with Crippen LogP contribution in [0.5, 0.6) is 0 Å². The van der Waals surface area contributed by atoms with Gasteiger partial charge in [-0.25, -0.2) is 0 Å². The summed E-state index contributed by atoms with van der Waals surface area (Å²) >= 11 is 1.80. The Balaban J connectivity index is 1.88. The van der Waals surface area contributed by atoms with E-state index in [0.29, 0.717) is 0 Å². The normalized spacial score (nSPS) is 11.6. The molecule has 0 bridgehead atoms. The lowest BCUT2D eigenvalue weighted by atomic mass is 10.1. The third-order valence-corrected chi connectivity index (χ3v) is 4.50. The van der Waals surface area contributed by atoms with Crippen LogP contribution in [0.4, 0.5) is 0 Å². The SMILES string of the molecule is CN(C)CCCn1ccc2ccc(-c3cccs3)cc21. The van der Waals surface area contributed by atoms with Gasteiger partial charge in [-0.3, -0.25) is 0 Å². The van der Waals surface area contributed by atoms with Crippen molar-refractivity contribution in [3.63, 3.8) is 0 Å². The molecule has 0 spiro atoms. The molecule has 0 radical (unpaired) electrons. The first-order chi connectivity index (χ1) is 9.74. The van der Waals surface area contributed by atoms with Gasteiger partial charge in [0.05, 0.1) is 0 Å². The zero-order valence-electron chi connectivity index (χ0n) is 12.0. The third-order valence-electron chi connectivity index (χ3n) is 3.58. The number of hydrogen-bond acceptors (Lipinski definition) is 2. The smallest absolute Gasteiger partial charge is 0.0486 e. The van der Waals surface area contributed by atoms with Gasteiger partial charge in [-0.05, 0) is 61.6 Å². The lowest BCUT2D eigenvalue weighted by Crippen LogP contribution is -2.14. The van der Waals surface area contributed by atoms with Crippen molar-refractivity contribution in [3.8, 4) is 10.4 Å². The number of nitrogens with zero attached hydrogens (tertiary/aromatic N) is 2. The quantitative estimate of drug-likeness (QED) is 0.677. The monoisotopic (exact) mass is 284 g/mol. The highest BCUT2D eigenvalue weighted by atomic mass is 32.1. The predicted molar refractivity (Wildman–Crippen MR) is 88.4 cm³/mol. The molecular formula is C17H20N2S. The van der Waals surface area contributed by atoms with Crippen LogP contribution in [-0.2, 0) is 6.54 Å². The second kappa shape index (κ2) is 5.81. The van der Waals surface area contributed by atoms with E-state index in [9.17, 15) is 0 Å². The average Bonchev–Trinajstić information content (AvgIpc) is 3.07. The Morgan fingerprint density at radius 1 is 1.15 bits per heavy atom. The highest BCUT2D eigenvalue weighted by Crippen LogP contribution is 2.28. The molecule has 0 atom stereocenters. The Morgan fingerprint density at radius 2 is 2.05 bits per heavy atom. The molecule has 0 fully saturated rings. The zero-order valence-corrected chi connectivity index (χ0v) is 12.9. The molecule has 20 heavy (non-hydrogen) atoms. The van der Waals surface area contributed by atoms with Crippen LogP contribution in [0, 0.1) is 0 Å². The summed E-state index contributed by atoms with van der Waals surface area (Å²) in [7, 11) is 4.26. The number of fused-ring (bicyclic) bond motifs is 1. The fraction of sp³-hybridized carbons (Fsp3) is 0.294. The van der Waals surface area contributed by atoms with Gasteiger partial charge in [0.15, 0.2) is 0 Å². The van der Waals surface area contributed by atoms with E-state index < -0.39 is 0 Å². The molecule has 2 heterocycles. The summed E-state index contributed by atoms with van der Waals surface area (Å²) in [6.45, 7) is 2.21. The third kappa shape index (κ3) is 2.79. The van der Waals surface area contributed by atoms with Crippen molar-refractivity contribution in [1.29, 1.82) is 0 Å². The lowest BCUT2D eigenvalue weighted by Gasteiger charge is -2.10. The minimum atomic E-state index is 1.08. The second-order valence-electron chi connectivity index (χ2n) is 5.42. The lowest BCUT2D eigenvalue weighted by molar-refractivity contribution is 0.388. The number of aryl methyl sites for hydroxylation is 1. The molecular weight excluding hydrogens is 264 g/mol. The van der Waals surface area contributed by atoms with Crippen LogP contribution in [0.25, 0.3) is 21.3 Å². The highest BCUT2D eigenvalue weighted by molar-refractivity contribution is 7.13. The molecule has 0 saturated carbocycles. The van der Waals surface area contributed by atoms with Gasteiger partial charge in [-0.15, -0.1) is 11.3 Å². The van der Waals surface area contributed by atoms with Crippen LogP contribution >= 0.6 is 11.3 Å². The van der Waals surface area contributed by atoms with Gasteiger partial charge in [0.2, 0.25) is 0 Å². The van der Waals surface area contributed by atoms with E-state index in [1.165, 1.54) is 27.8 Å². The van der Waals surface area contributed by atoms with Crippen LogP contribution in [0.1, 0.15) is 6.42 Å². The Morgan fingerprint density at radius 3 is 2.80 bits per heavy atom. The fourth-order valence-electron chi connectivity index (χ4n) is 2.53. The number of benzene rings is 1. The molecule has 0 aliphatic carbocycles. The first-order valence-corrected chi connectivity index (χ1v) is 7.89. The Labute approximate surface area is 124 Å². The van der Waals surface area contributed by atoms with Crippen LogP contribution in [0.2, 0.25) is 0 Å². The average molecular weight is 284 g/mol. The van der Waals surface area contributed by atoms with E-state index >= 15 is 0 Å². The van der Waals surface area contributed by atoms with E-state index in [1.54, 1.807) is 11.3 Å². The standard InChI is InChI=1S/C17H20N2S/c1-18(2)9-4-10-19-11-8-14-6-7-15(13-16(14)19)17-5-3-12-20-17/h3,5-8,11-13H,4,9-10H2,1-2H3. The zero-order chi connectivity index (χ0) is 13.9. The van der Waals surface area contributed by atoms with E-state index in [1.807, 2.05) is 0 Å². The summed E-state index contributed by atoms with van der Waals surface area (Å²) in [5.74, 6) is 0. The maximum absolute atomic E-state index is 2.37. The van der Waals surface area contributed by atoms with Crippen molar-refractivity contribution < 1.29 is 0 Å². The molecule has 2 nitrogen and oxygen atoms in total. The second-order valence-corrected chi connectivity index (χ2v) is 6.36. The molecule has 3 heteroatoms. The maximum Gasteiger partial charge on any atom is 0.0486 e. The summed E-state index contributed by atoms with van der Waals surface area (Å²) < 4.78 is 2.37. The van der Waals surface area contributed by atoms with Gasteiger partial charge in [0, 0.05) is 23.1 Å². The van der Waals surface area contributed by atoms with Crippen molar-refractivity contribution in [2.24, 2.45) is 0 Å². The predicted octanol–water partition coefficient (Wildman–Crippen LogP) is 4.32. The number of rotatable bonds is 5. The minimum absolute atomic E-state index is 1.08. The van der Waals surface area contributed by atoms with Crippen molar-refractivity contribution in [2.45, 2.75) is 13.0 Å². The molecule has 3 rings (SSSR count). The molecule has 3 aromatic rings. The van der Waals surface area contributed by atoms with Gasteiger partial charge in [-0.1, -0.05) is 18.2 Å². The summed E-state index contributed by atoms with van der Waals surface area (Å²) in [5.41, 5.74) is 2.66. The van der Waals surface area contributed by atoms with Crippen LogP contribution in [-0.4, -0.2) is 30.1 Å². The number of aromatic nitrogens is 1. The molecule has 0 aliphatic heterocycles. The van der Waals surface area contributed by atoms with Crippen LogP contribution < -0.4 is 0 Å². The molecule has 104 valence electrons. The molecule has 0 aliphatic rings. The summed E-state index contributed by atoms with van der Waals surface area (Å²) in [4.78, 5) is 3.58. The van der Waals surface area contributed by atoms with Crippen molar-refractivity contribution >= 4 is 22.2 Å². The van der Waals surface area contributed by atoms with E-state index in [2.05, 4.69) is 71.5 Å². The Bertz CT molecular complexity index is 680. The van der Waals surface area contributed by atoms with Crippen molar-refractivity contribution in [3.05, 3.63) is 48.0 Å². The molecule has 1 aromatic carbocycles. The topological polar surface area (TPSA) is 8.17 Å². The van der Waals surface area contributed by atoms with Crippen molar-refractivity contribution in [1.82, 2.24) is 9.47 Å². The molecule has 0 amide bonds. The Hall–Kier alpha value is -1.58. The first kappa shape index (κ1) is 13.4. The van der Waals surface area contributed by atoms with Crippen LogP contribution in [0.15, 0.2) is 48.0 Å². The van der Waals surface area contributed by atoms with Gasteiger partial charge in [0.1, 0.15) is 0 Å². The van der Waals surface area contributed by atoms with Crippen LogP contribution in [0.3, 0.4) is 0 Å². The highest BCUT2D eigenvalue weighted by Gasteiger charge is 2.05. The Kier molecular flexibility index (Phi) is 3.90. The van der Waals surface area contributed by atoms with Gasteiger partial charge < -0.3 is 9.47 Å². The summed E-state index contributed by atoms with van der Waals surface area (Å²) in [5, 5.41) is 3.46. The summed E-state index contributed by atoms with van der Waals surface area (Å²) in [6.07, 6.45) is 3.39. The first-order valence-electron chi connectivity index (χ1n) is 7.01. The van der Waals surface area contributed by atoms with E-state index in [4.69, 9.17) is 0 Å². The van der Waals surface area contributed by atoms with Crippen molar-refractivity contribution in [2.75, 3.05) is 20.6 Å². The molecule has 2 aromatic heterocycles. The number of hydrogen-bond donors (Lipinski definition) is 0. The largest absolute Gasteiger partial charge is 0.347 e. The minimum Gasteiger partial charge on any atom is -0.347 e. The maximum atomic E-state index is 2.37. The molecule has 0 unspecified atom stereocenters. The van der Waals surface area contributed by atoms with E-state index in [-0.39, 0.29) is 0 Å². The molecule has 0 saturated heterocycles. The molecule has 0 N–H and O–H groups in total. The fourth-order valence-corrected chi connectivity index (χ4v) is 3.26. The van der Waals surface area contributed by atoms with E-state index in [0.717, 1.165) is 13.1 Å².